The van der Waals surface area contributed by atoms with E-state index in [2.05, 4.69) is 23.9 Å². The first kappa shape index (κ1) is 24.9. The second-order valence-electron chi connectivity index (χ2n) is 7.29. The molecule has 0 bridgehead atoms. The summed E-state index contributed by atoms with van der Waals surface area (Å²) in [5.41, 5.74) is 0.145. The van der Waals surface area contributed by atoms with Gasteiger partial charge in [0, 0.05) is 32.3 Å². The molecule has 2 heterocycles. The summed E-state index contributed by atoms with van der Waals surface area (Å²) in [5, 5.41) is 7.00. The number of hydrogen-bond acceptors (Lipinski definition) is 4. The second-order valence-corrected chi connectivity index (χ2v) is 7.29. The quantitative estimate of drug-likeness (QED) is 0.834. The molecule has 7 heteroatoms. The van der Waals surface area contributed by atoms with Crippen LogP contribution < -0.4 is 0 Å². The molecule has 162 valence electrons. The topological polar surface area (TPSA) is 35.9 Å². The Morgan fingerprint density at radius 3 is 2.46 bits per heavy atom. The highest BCUT2D eigenvalue weighted by molar-refractivity contribution is 5.25. The van der Waals surface area contributed by atoms with Crippen molar-refractivity contribution in [1.82, 2.24) is 9.80 Å². The maximum Gasteiger partial charge on any atom is 0.416 e. The summed E-state index contributed by atoms with van der Waals surface area (Å²) in [6, 6.07) is 6.81. The molecule has 28 heavy (non-hydrogen) atoms. The van der Waals surface area contributed by atoms with Crippen molar-refractivity contribution in [2.75, 3.05) is 47.5 Å². The van der Waals surface area contributed by atoms with Crippen LogP contribution in [0.2, 0.25) is 0 Å². The van der Waals surface area contributed by atoms with E-state index >= 15 is 0 Å². The lowest BCUT2D eigenvalue weighted by molar-refractivity contribution is -0.137. The van der Waals surface area contributed by atoms with Crippen LogP contribution in [-0.2, 0) is 17.3 Å². The number of alkyl halides is 3. The molecular weight excluding hydrogens is 369 g/mol. The van der Waals surface area contributed by atoms with Crippen LogP contribution in [0.4, 0.5) is 13.2 Å². The van der Waals surface area contributed by atoms with Gasteiger partial charge in [0.2, 0.25) is 0 Å². The van der Waals surface area contributed by atoms with Gasteiger partial charge in [-0.15, -0.1) is 0 Å². The van der Waals surface area contributed by atoms with E-state index in [4.69, 9.17) is 9.84 Å². The van der Waals surface area contributed by atoms with Crippen LogP contribution in [0.1, 0.15) is 37.3 Å². The number of benzene rings is 1. The van der Waals surface area contributed by atoms with Gasteiger partial charge in [-0.3, -0.25) is 4.90 Å². The number of ether oxygens (including phenoxy) is 1. The maximum atomic E-state index is 12.1. The molecule has 0 spiro atoms. The molecule has 4 nitrogen and oxygen atoms in total. The Morgan fingerprint density at radius 2 is 1.93 bits per heavy atom. The standard InChI is InChI=1S/C11H22N2O.C9H9F3.CH4O/c1-12-6-3-4-10(8-12)13(2)11-5-7-14-9-11;1-2-7-4-3-5-8(6-7)9(10,11)12;1-2/h10-11H,3-9H2,1-2H3;3-6H,2H2,1H3;2H,1H3. The largest absolute Gasteiger partial charge is 0.416 e. The van der Waals surface area contributed by atoms with E-state index in [-0.39, 0.29) is 0 Å². The van der Waals surface area contributed by atoms with Crippen LogP contribution in [-0.4, -0.2) is 74.5 Å². The highest BCUT2D eigenvalue weighted by Crippen LogP contribution is 2.29. The number of aliphatic hydroxyl groups is 1. The lowest BCUT2D eigenvalue weighted by atomic mass is 10.0. The van der Waals surface area contributed by atoms with Crippen LogP contribution in [0, 0.1) is 0 Å². The molecule has 2 fully saturated rings. The number of halogens is 3. The molecular formula is C21H35F3N2O2. The lowest BCUT2D eigenvalue weighted by Crippen LogP contribution is -2.49. The second kappa shape index (κ2) is 12.4. The number of rotatable bonds is 3. The Kier molecular flexibility index (Phi) is 11.0. The van der Waals surface area contributed by atoms with Gasteiger partial charge in [0.25, 0.3) is 0 Å². The van der Waals surface area contributed by atoms with E-state index in [1.165, 1.54) is 44.5 Å². The highest BCUT2D eigenvalue weighted by Gasteiger charge is 2.30. The molecule has 2 aliphatic rings. The first-order chi connectivity index (χ1) is 13.3. The molecule has 3 rings (SSSR count). The fraction of sp³-hybridized carbons (Fsp3) is 0.714. The number of nitrogens with zero attached hydrogens (tertiary/aromatic N) is 2. The molecule has 1 aromatic rings. The van der Waals surface area contributed by atoms with Gasteiger partial charge in [0.1, 0.15) is 0 Å². The summed E-state index contributed by atoms with van der Waals surface area (Å²) in [4.78, 5) is 4.99. The molecule has 0 amide bonds. The molecule has 2 saturated heterocycles. The average molecular weight is 405 g/mol. The monoisotopic (exact) mass is 404 g/mol. The van der Waals surface area contributed by atoms with Crippen molar-refractivity contribution >= 4 is 0 Å². The van der Waals surface area contributed by atoms with Crippen molar-refractivity contribution in [3.05, 3.63) is 35.4 Å². The van der Waals surface area contributed by atoms with E-state index < -0.39 is 11.7 Å². The predicted octanol–water partition coefficient (Wildman–Crippen LogP) is 3.68. The third-order valence-corrected chi connectivity index (χ3v) is 5.32. The smallest absolute Gasteiger partial charge is 0.400 e. The van der Waals surface area contributed by atoms with Gasteiger partial charge in [-0.25, -0.2) is 0 Å². The molecule has 1 N–H and O–H groups in total. The molecule has 0 aliphatic carbocycles. The summed E-state index contributed by atoms with van der Waals surface area (Å²) >= 11 is 0. The van der Waals surface area contributed by atoms with Crippen LogP contribution in [0.25, 0.3) is 0 Å². The van der Waals surface area contributed by atoms with Gasteiger partial charge in [0.05, 0.1) is 12.2 Å². The lowest BCUT2D eigenvalue weighted by Gasteiger charge is -2.38. The Balaban J connectivity index is 0.000000260. The number of likely N-dealkylation sites (tertiary alicyclic amines) is 1. The minimum absolute atomic E-state index is 0.568. The van der Waals surface area contributed by atoms with Crippen molar-refractivity contribution in [2.24, 2.45) is 0 Å². The molecule has 1 aromatic carbocycles. The molecule has 0 aromatic heterocycles. The fourth-order valence-electron chi connectivity index (χ4n) is 3.58. The third kappa shape index (κ3) is 8.07. The van der Waals surface area contributed by atoms with E-state index in [0.29, 0.717) is 18.0 Å². The Labute approximate surface area is 167 Å². The fourth-order valence-corrected chi connectivity index (χ4v) is 3.58. The maximum absolute atomic E-state index is 12.1. The Morgan fingerprint density at radius 1 is 1.21 bits per heavy atom. The Bertz CT molecular complexity index is 549. The SMILES string of the molecule is CCc1cccc(C(F)(F)F)c1.CN1CCCC(N(C)C2CCOC2)C1.CO. The van der Waals surface area contributed by atoms with E-state index in [0.717, 1.165) is 32.4 Å². The van der Waals surface area contributed by atoms with E-state index in [1.807, 2.05) is 6.92 Å². The number of aliphatic hydroxyl groups excluding tert-OH is 1. The normalized spacial score (nSPS) is 22.9. The number of hydrogen-bond donors (Lipinski definition) is 1. The number of aryl methyl sites for hydroxylation is 1. The molecule has 0 saturated carbocycles. The van der Waals surface area contributed by atoms with Crippen LogP contribution in [0.15, 0.2) is 24.3 Å². The molecule has 2 atom stereocenters. The van der Waals surface area contributed by atoms with Gasteiger partial charge in [-0.1, -0.05) is 25.1 Å². The molecule has 2 aliphatic heterocycles. The van der Waals surface area contributed by atoms with Crippen molar-refractivity contribution in [3.8, 4) is 0 Å². The van der Waals surface area contributed by atoms with Crippen molar-refractivity contribution in [3.63, 3.8) is 0 Å². The summed E-state index contributed by atoms with van der Waals surface area (Å²) < 4.78 is 41.8. The van der Waals surface area contributed by atoms with Gasteiger partial charge >= 0.3 is 6.18 Å². The Hall–Kier alpha value is -1.15. The molecule has 0 radical (unpaired) electrons. The summed E-state index contributed by atoms with van der Waals surface area (Å²) in [6.45, 7) is 6.22. The zero-order valence-corrected chi connectivity index (χ0v) is 17.5. The average Bonchev–Trinajstić information content (AvgIpc) is 3.24. The first-order valence-corrected chi connectivity index (χ1v) is 9.90. The van der Waals surface area contributed by atoms with Crippen LogP contribution in [0.5, 0.6) is 0 Å². The van der Waals surface area contributed by atoms with Crippen LogP contribution >= 0.6 is 0 Å². The van der Waals surface area contributed by atoms with Crippen molar-refractivity contribution in [1.29, 1.82) is 0 Å². The number of piperidine rings is 1. The zero-order chi connectivity index (χ0) is 21.2. The van der Waals surface area contributed by atoms with Gasteiger partial charge in [-0.05, 0) is 58.0 Å². The summed E-state index contributed by atoms with van der Waals surface area (Å²) in [5.74, 6) is 0. The summed E-state index contributed by atoms with van der Waals surface area (Å²) in [6.07, 6.45) is 0.336. The van der Waals surface area contributed by atoms with Gasteiger partial charge in [0.15, 0.2) is 0 Å². The predicted molar refractivity (Wildman–Crippen MR) is 106 cm³/mol. The summed E-state index contributed by atoms with van der Waals surface area (Å²) in [7, 11) is 5.49. The van der Waals surface area contributed by atoms with Crippen molar-refractivity contribution in [2.45, 2.75) is 50.9 Å². The zero-order valence-electron chi connectivity index (χ0n) is 17.5. The van der Waals surface area contributed by atoms with Crippen molar-refractivity contribution < 1.29 is 23.0 Å². The van der Waals surface area contributed by atoms with Crippen LogP contribution in [0.3, 0.4) is 0 Å². The van der Waals surface area contributed by atoms with Gasteiger partial charge in [-0.2, -0.15) is 13.2 Å². The highest BCUT2D eigenvalue weighted by atomic mass is 19.4. The number of likely N-dealkylation sites (N-methyl/N-ethyl adjacent to an activating group) is 2. The minimum Gasteiger partial charge on any atom is -0.400 e. The van der Waals surface area contributed by atoms with E-state index in [1.54, 1.807) is 6.07 Å². The first-order valence-electron chi connectivity index (χ1n) is 9.90. The third-order valence-electron chi connectivity index (χ3n) is 5.32. The van der Waals surface area contributed by atoms with Gasteiger partial charge < -0.3 is 14.7 Å². The van der Waals surface area contributed by atoms with E-state index in [9.17, 15) is 13.2 Å². The molecule has 2 unspecified atom stereocenters. The minimum atomic E-state index is -4.22.